The second-order valence-corrected chi connectivity index (χ2v) is 4.96. The first kappa shape index (κ1) is 14.5. The zero-order valence-electron chi connectivity index (χ0n) is 11.2. The predicted molar refractivity (Wildman–Crippen MR) is 67.0 cm³/mol. The van der Waals surface area contributed by atoms with E-state index >= 15 is 0 Å². The highest BCUT2D eigenvalue weighted by atomic mass is 16.6. The maximum Gasteiger partial charge on any atom is 0.407 e. The van der Waals surface area contributed by atoms with E-state index in [0.29, 0.717) is 19.5 Å². The smallest absolute Gasteiger partial charge is 0.407 e. The first-order chi connectivity index (χ1) is 8.42. The number of nitrogens with two attached hydrogens (primary N) is 1. The quantitative estimate of drug-likeness (QED) is 0.780. The van der Waals surface area contributed by atoms with Crippen molar-refractivity contribution in [1.82, 2.24) is 10.3 Å². The number of oxazole rings is 1. The molecule has 1 amide bonds. The van der Waals surface area contributed by atoms with Gasteiger partial charge in [-0.25, -0.2) is 9.78 Å². The SMILES string of the molecule is CC(C)(C)OC(=O)NCCCc1ocnc1CN. The van der Waals surface area contributed by atoms with Gasteiger partial charge >= 0.3 is 6.09 Å². The second-order valence-electron chi connectivity index (χ2n) is 4.96. The van der Waals surface area contributed by atoms with E-state index < -0.39 is 11.7 Å². The number of nitrogens with zero attached hydrogens (tertiary/aromatic N) is 1. The molecule has 0 aliphatic rings. The van der Waals surface area contributed by atoms with Crippen LogP contribution in [0.1, 0.15) is 38.6 Å². The fraction of sp³-hybridized carbons (Fsp3) is 0.667. The van der Waals surface area contributed by atoms with Gasteiger partial charge in [-0.05, 0) is 27.2 Å². The number of aryl methyl sites for hydroxylation is 1. The average Bonchev–Trinajstić information content (AvgIpc) is 2.69. The molecule has 0 atom stereocenters. The summed E-state index contributed by atoms with van der Waals surface area (Å²) < 4.78 is 10.3. The molecule has 0 bridgehead atoms. The molecule has 6 heteroatoms. The molecule has 0 aromatic carbocycles. The zero-order valence-corrected chi connectivity index (χ0v) is 11.2. The van der Waals surface area contributed by atoms with E-state index in [2.05, 4.69) is 10.3 Å². The van der Waals surface area contributed by atoms with Crippen LogP contribution in [-0.2, 0) is 17.7 Å². The van der Waals surface area contributed by atoms with Crippen molar-refractivity contribution in [3.8, 4) is 0 Å². The molecule has 1 aromatic heterocycles. The number of aromatic nitrogens is 1. The molecule has 0 unspecified atom stereocenters. The van der Waals surface area contributed by atoms with Crippen LogP contribution in [0.2, 0.25) is 0 Å². The summed E-state index contributed by atoms with van der Waals surface area (Å²) in [7, 11) is 0. The summed E-state index contributed by atoms with van der Waals surface area (Å²) in [6.45, 7) is 6.38. The number of carbonyl (C=O) groups is 1. The van der Waals surface area contributed by atoms with Gasteiger partial charge in [0.1, 0.15) is 11.4 Å². The molecular formula is C12H21N3O3. The van der Waals surface area contributed by atoms with Crippen molar-refractivity contribution < 1.29 is 13.9 Å². The molecule has 18 heavy (non-hydrogen) atoms. The molecule has 0 aliphatic heterocycles. The van der Waals surface area contributed by atoms with Crippen LogP contribution in [-0.4, -0.2) is 23.2 Å². The lowest BCUT2D eigenvalue weighted by atomic mass is 10.2. The van der Waals surface area contributed by atoms with Crippen molar-refractivity contribution in [2.75, 3.05) is 6.54 Å². The highest BCUT2D eigenvalue weighted by Crippen LogP contribution is 2.09. The van der Waals surface area contributed by atoms with E-state index in [-0.39, 0.29) is 0 Å². The number of alkyl carbamates (subject to hydrolysis) is 1. The van der Waals surface area contributed by atoms with Gasteiger partial charge in [0.15, 0.2) is 6.39 Å². The first-order valence-electron chi connectivity index (χ1n) is 6.00. The Morgan fingerprint density at radius 1 is 1.56 bits per heavy atom. The van der Waals surface area contributed by atoms with Crippen LogP contribution in [0.15, 0.2) is 10.8 Å². The number of nitrogens with one attached hydrogen (secondary N) is 1. The summed E-state index contributed by atoms with van der Waals surface area (Å²) >= 11 is 0. The fourth-order valence-electron chi connectivity index (χ4n) is 1.42. The van der Waals surface area contributed by atoms with Crippen molar-refractivity contribution in [3.05, 3.63) is 17.8 Å². The van der Waals surface area contributed by atoms with Crippen LogP contribution >= 0.6 is 0 Å². The third kappa shape index (κ3) is 5.18. The summed E-state index contributed by atoms with van der Waals surface area (Å²) in [5, 5.41) is 2.68. The summed E-state index contributed by atoms with van der Waals surface area (Å²) in [4.78, 5) is 15.3. The van der Waals surface area contributed by atoms with E-state index in [1.165, 1.54) is 6.39 Å². The molecule has 0 radical (unpaired) electrons. The Kier molecular flexibility index (Phi) is 5.15. The molecule has 6 nitrogen and oxygen atoms in total. The standard InChI is InChI=1S/C12H21N3O3/c1-12(2,3)18-11(16)14-6-4-5-10-9(7-13)15-8-17-10/h8H,4-7,13H2,1-3H3,(H,14,16). The van der Waals surface area contributed by atoms with Crippen molar-refractivity contribution >= 4 is 6.09 Å². The predicted octanol–water partition coefficient (Wildman–Crippen LogP) is 1.59. The molecule has 3 N–H and O–H groups in total. The minimum Gasteiger partial charge on any atom is -0.448 e. The maximum absolute atomic E-state index is 11.4. The lowest BCUT2D eigenvalue weighted by molar-refractivity contribution is 0.0527. The minimum atomic E-state index is -0.471. The van der Waals surface area contributed by atoms with Crippen LogP contribution < -0.4 is 11.1 Å². The fourth-order valence-corrected chi connectivity index (χ4v) is 1.42. The Morgan fingerprint density at radius 3 is 2.89 bits per heavy atom. The number of hydrogen-bond acceptors (Lipinski definition) is 5. The Hall–Kier alpha value is -1.56. The number of rotatable bonds is 5. The summed E-state index contributed by atoms with van der Waals surface area (Å²) in [6.07, 6.45) is 2.43. The Balaban J connectivity index is 2.21. The van der Waals surface area contributed by atoms with Crippen LogP contribution in [0, 0.1) is 0 Å². The minimum absolute atomic E-state index is 0.366. The van der Waals surface area contributed by atoms with Crippen LogP contribution in [0.4, 0.5) is 4.79 Å². The molecular weight excluding hydrogens is 234 g/mol. The van der Waals surface area contributed by atoms with Gasteiger partial charge in [-0.3, -0.25) is 0 Å². The van der Waals surface area contributed by atoms with Gasteiger partial charge in [-0.1, -0.05) is 0 Å². The van der Waals surface area contributed by atoms with Crippen molar-refractivity contribution in [2.45, 2.75) is 45.8 Å². The third-order valence-electron chi connectivity index (χ3n) is 2.17. The first-order valence-corrected chi connectivity index (χ1v) is 6.00. The maximum atomic E-state index is 11.4. The van der Waals surface area contributed by atoms with Gasteiger partial charge in [0.25, 0.3) is 0 Å². The molecule has 0 fully saturated rings. The number of carbonyl (C=O) groups excluding carboxylic acids is 1. The second kappa shape index (κ2) is 6.39. The molecule has 0 aliphatic carbocycles. The van der Waals surface area contributed by atoms with Crippen LogP contribution in [0.5, 0.6) is 0 Å². The lowest BCUT2D eigenvalue weighted by Gasteiger charge is -2.19. The number of amides is 1. The molecule has 102 valence electrons. The monoisotopic (exact) mass is 255 g/mol. The lowest BCUT2D eigenvalue weighted by Crippen LogP contribution is -2.33. The summed E-state index contributed by atoms with van der Waals surface area (Å²) in [5.41, 5.74) is 5.80. The van der Waals surface area contributed by atoms with E-state index in [9.17, 15) is 4.79 Å². The third-order valence-corrected chi connectivity index (χ3v) is 2.17. The number of hydrogen-bond donors (Lipinski definition) is 2. The Morgan fingerprint density at radius 2 is 2.28 bits per heavy atom. The summed E-state index contributed by atoms with van der Waals surface area (Å²) in [6, 6.07) is 0. The van der Waals surface area contributed by atoms with Gasteiger partial charge in [-0.2, -0.15) is 0 Å². The van der Waals surface area contributed by atoms with Gasteiger partial charge in [0, 0.05) is 19.5 Å². The van der Waals surface area contributed by atoms with Crippen molar-refractivity contribution in [1.29, 1.82) is 0 Å². The number of ether oxygens (including phenoxy) is 1. The van der Waals surface area contributed by atoms with Crippen molar-refractivity contribution in [3.63, 3.8) is 0 Å². The molecule has 0 spiro atoms. The topological polar surface area (TPSA) is 90.4 Å². The molecule has 1 rings (SSSR count). The van der Waals surface area contributed by atoms with Crippen LogP contribution in [0.25, 0.3) is 0 Å². The van der Waals surface area contributed by atoms with E-state index in [1.807, 2.05) is 20.8 Å². The van der Waals surface area contributed by atoms with Crippen molar-refractivity contribution in [2.24, 2.45) is 5.73 Å². The van der Waals surface area contributed by atoms with Gasteiger partial charge in [0.05, 0.1) is 5.69 Å². The Labute approximate surface area is 107 Å². The molecule has 0 saturated heterocycles. The van der Waals surface area contributed by atoms with Gasteiger partial charge < -0.3 is 20.2 Å². The zero-order chi connectivity index (χ0) is 13.6. The Bertz CT molecular complexity index is 382. The van der Waals surface area contributed by atoms with E-state index in [0.717, 1.165) is 17.9 Å². The molecule has 0 saturated carbocycles. The van der Waals surface area contributed by atoms with Gasteiger partial charge in [-0.15, -0.1) is 0 Å². The van der Waals surface area contributed by atoms with Crippen LogP contribution in [0.3, 0.4) is 0 Å². The summed E-state index contributed by atoms with van der Waals surface area (Å²) in [5.74, 6) is 0.781. The highest BCUT2D eigenvalue weighted by molar-refractivity contribution is 5.67. The molecule has 1 aromatic rings. The van der Waals surface area contributed by atoms with E-state index in [1.54, 1.807) is 0 Å². The highest BCUT2D eigenvalue weighted by Gasteiger charge is 2.15. The normalized spacial score (nSPS) is 11.3. The molecule has 1 heterocycles. The largest absolute Gasteiger partial charge is 0.448 e. The van der Waals surface area contributed by atoms with E-state index in [4.69, 9.17) is 14.9 Å². The average molecular weight is 255 g/mol. The van der Waals surface area contributed by atoms with Gasteiger partial charge in [0.2, 0.25) is 0 Å².